The van der Waals surface area contributed by atoms with E-state index >= 15 is 0 Å². The number of hydrogen-bond donors (Lipinski definition) is 3. The third-order valence-corrected chi connectivity index (χ3v) is 5.74. The first-order valence-corrected chi connectivity index (χ1v) is 11.2. The highest BCUT2D eigenvalue weighted by molar-refractivity contribution is 5.57. The second-order valence-corrected chi connectivity index (χ2v) is 8.22. The van der Waals surface area contributed by atoms with E-state index in [1.165, 1.54) is 5.56 Å². The van der Waals surface area contributed by atoms with Crippen molar-refractivity contribution in [2.75, 3.05) is 37.6 Å². The Labute approximate surface area is 185 Å². The fourth-order valence-corrected chi connectivity index (χ4v) is 3.99. The van der Waals surface area contributed by atoms with Crippen LogP contribution in [0.4, 0.5) is 5.69 Å². The van der Waals surface area contributed by atoms with Gasteiger partial charge in [-0.3, -0.25) is 0 Å². The molecule has 0 saturated carbocycles. The van der Waals surface area contributed by atoms with E-state index < -0.39 is 18.3 Å². The summed E-state index contributed by atoms with van der Waals surface area (Å²) in [5, 5.41) is 30.3. The molecule has 0 bridgehead atoms. The SMILES string of the molecule is CCCN(CC)C[C@H](O)C#Cc1ccc(N2C[C@@H](O)[C@@H](O)C2)cc1Cc1ccccc1. The molecule has 5 nitrogen and oxygen atoms in total. The molecule has 0 unspecified atom stereocenters. The highest BCUT2D eigenvalue weighted by Crippen LogP contribution is 2.25. The molecular formula is C26H34N2O3. The van der Waals surface area contributed by atoms with Gasteiger partial charge in [0.1, 0.15) is 6.10 Å². The minimum Gasteiger partial charge on any atom is -0.389 e. The lowest BCUT2D eigenvalue weighted by Crippen LogP contribution is -2.32. The topological polar surface area (TPSA) is 67.2 Å². The lowest BCUT2D eigenvalue weighted by atomic mass is 9.98. The van der Waals surface area contributed by atoms with Crippen LogP contribution in [0.2, 0.25) is 0 Å². The summed E-state index contributed by atoms with van der Waals surface area (Å²) in [4.78, 5) is 4.21. The highest BCUT2D eigenvalue weighted by atomic mass is 16.3. The zero-order valence-electron chi connectivity index (χ0n) is 18.5. The second-order valence-electron chi connectivity index (χ2n) is 8.22. The average molecular weight is 423 g/mol. The van der Waals surface area contributed by atoms with Crippen LogP contribution in [0, 0.1) is 11.8 Å². The number of hydrogen-bond acceptors (Lipinski definition) is 5. The van der Waals surface area contributed by atoms with E-state index in [2.05, 4.69) is 48.8 Å². The number of aliphatic hydroxyl groups is 3. The first-order valence-electron chi connectivity index (χ1n) is 11.2. The number of likely N-dealkylation sites (N-methyl/N-ethyl adjacent to an activating group) is 1. The first-order chi connectivity index (χ1) is 15.0. The molecular weight excluding hydrogens is 388 g/mol. The molecule has 1 aliphatic rings. The van der Waals surface area contributed by atoms with Gasteiger partial charge in [0.25, 0.3) is 0 Å². The van der Waals surface area contributed by atoms with Crippen LogP contribution in [-0.4, -0.2) is 71.3 Å². The number of nitrogens with zero attached hydrogens (tertiary/aromatic N) is 2. The molecule has 5 heteroatoms. The molecule has 2 aromatic carbocycles. The van der Waals surface area contributed by atoms with Gasteiger partial charge in [0.15, 0.2) is 0 Å². The average Bonchev–Trinajstić information content (AvgIpc) is 3.11. The predicted octanol–water partition coefficient (Wildman–Crippen LogP) is 2.26. The van der Waals surface area contributed by atoms with Crippen molar-refractivity contribution < 1.29 is 15.3 Å². The van der Waals surface area contributed by atoms with Crippen LogP contribution in [0.15, 0.2) is 48.5 Å². The molecule has 1 aliphatic heterocycles. The van der Waals surface area contributed by atoms with Gasteiger partial charge in [-0.1, -0.05) is 56.0 Å². The molecule has 0 amide bonds. The van der Waals surface area contributed by atoms with E-state index in [9.17, 15) is 15.3 Å². The van der Waals surface area contributed by atoms with Gasteiger partial charge in [0.05, 0.1) is 12.2 Å². The van der Waals surface area contributed by atoms with Crippen LogP contribution in [0.25, 0.3) is 0 Å². The van der Waals surface area contributed by atoms with Crippen molar-refractivity contribution in [3.8, 4) is 11.8 Å². The molecule has 1 saturated heterocycles. The molecule has 3 rings (SSSR count). The molecule has 3 N–H and O–H groups in total. The van der Waals surface area contributed by atoms with Crippen LogP contribution in [-0.2, 0) is 6.42 Å². The molecule has 166 valence electrons. The Balaban J connectivity index is 1.83. The predicted molar refractivity (Wildman–Crippen MR) is 125 cm³/mol. The summed E-state index contributed by atoms with van der Waals surface area (Å²) in [5.41, 5.74) is 4.11. The van der Waals surface area contributed by atoms with E-state index in [0.717, 1.165) is 42.7 Å². The van der Waals surface area contributed by atoms with Crippen LogP contribution in [0.3, 0.4) is 0 Å². The van der Waals surface area contributed by atoms with Gasteiger partial charge < -0.3 is 25.1 Å². The van der Waals surface area contributed by atoms with Crippen molar-refractivity contribution in [3.05, 3.63) is 65.2 Å². The number of aliphatic hydroxyl groups excluding tert-OH is 3. The molecule has 3 atom stereocenters. The fourth-order valence-electron chi connectivity index (χ4n) is 3.99. The van der Waals surface area contributed by atoms with Crippen molar-refractivity contribution in [1.29, 1.82) is 0 Å². The van der Waals surface area contributed by atoms with Crippen molar-refractivity contribution >= 4 is 5.69 Å². The molecule has 1 fully saturated rings. The Kier molecular flexibility index (Phi) is 8.51. The van der Waals surface area contributed by atoms with E-state index in [0.29, 0.717) is 19.6 Å². The fraction of sp³-hybridized carbons (Fsp3) is 0.462. The standard InChI is InChI=1S/C26H34N2O3/c1-3-14-27(4-2)17-24(29)13-11-21-10-12-23(28-18-25(30)26(31)19-28)16-22(21)15-20-8-6-5-7-9-20/h5-10,12,16,24-26,29-31H,3-4,14-15,17-19H2,1-2H3/t24-,25-,26+/m1/s1. The molecule has 0 aromatic heterocycles. The Hall–Kier alpha value is -2.36. The largest absolute Gasteiger partial charge is 0.389 e. The third kappa shape index (κ3) is 6.56. The molecule has 2 aromatic rings. The zero-order chi connectivity index (χ0) is 22.2. The van der Waals surface area contributed by atoms with Crippen LogP contribution >= 0.6 is 0 Å². The van der Waals surface area contributed by atoms with Crippen LogP contribution in [0.5, 0.6) is 0 Å². The molecule has 0 spiro atoms. The summed E-state index contributed by atoms with van der Waals surface area (Å²) in [6.07, 6.45) is -0.366. The molecule has 0 radical (unpaired) electrons. The minimum absolute atomic E-state index is 0.417. The van der Waals surface area contributed by atoms with Crippen LogP contribution in [0.1, 0.15) is 37.0 Å². The Morgan fingerprint density at radius 3 is 2.42 bits per heavy atom. The summed E-state index contributed by atoms with van der Waals surface area (Å²) in [5.74, 6) is 6.22. The number of rotatable bonds is 8. The summed E-state index contributed by atoms with van der Waals surface area (Å²) >= 11 is 0. The van der Waals surface area contributed by atoms with Crippen molar-refractivity contribution in [1.82, 2.24) is 4.90 Å². The van der Waals surface area contributed by atoms with E-state index in [-0.39, 0.29) is 0 Å². The zero-order valence-corrected chi connectivity index (χ0v) is 18.5. The van der Waals surface area contributed by atoms with Crippen molar-refractivity contribution in [2.45, 2.75) is 45.0 Å². The second kappa shape index (κ2) is 11.3. The lowest BCUT2D eigenvalue weighted by Gasteiger charge is -2.20. The third-order valence-electron chi connectivity index (χ3n) is 5.74. The molecule has 1 heterocycles. The number of β-amino-alcohol motifs (C(OH)–C–C–N with tert-alkyl or cyclic N) is 2. The quantitative estimate of drug-likeness (QED) is 0.570. The summed E-state index contributed by atoms with van der Waals surface area (Å²) in [7, 11) is 0. The lowest BCUT2D eigenvalue weighted by molar-refractivity contribution is 0.0572. The van der Waals surface area contributed by atoms with Gasteiger partial charge in [-0.2, -0.15) is 0 Å². The highest BCUT2D eigenvalue weighted by Gasteiger charge is 2.29. The normalized spacial score (nSPS) is 19.4. The van der Waals surface area contributed by atoms with Crippen LogP contribution < -0.4 is 4.90 Å². The van der Waals surface area contributed by atoms with Gasteiger partial charge in [-0.15, -0.1) is 0 Å². The maximum absolute atomic E-state index is 10.4. The van der Waals surface area contributed by atoms with Gasteiger partial charge in [0, 0.05) is 30.9 Å². The van der Waals surface area contributed by atoms with E-state index in [4.69, 9.17) is 0 Å². The van der Waals surface area contributed by atoms with E-state index in [1.54, 1.807) is 0 Å². The molecule has 0 aliphatic carbocycles. The van der Waals surface area contributed by atoms with Crippen molar-refractivity contribution in [2.24, 2.45) is 0 Å². The van der Waals surface area contributed by atoms with Gasteiger partial charge in [0.2, 0.25) is 0 Å². The summed E-state index contributed by atoms with van der Waals surface area (Å²) < 4.78 is 0. The van der Waals surface area contributed by atoms with Crippen molar-refractivity contribution in [3.63, 3.8) is 0 Å². The summed E-state index contributed by atoms with van der Waals surface area (Å²) in [6.45, 7) is 7.47. The van der Waals surface area contributed by atoms with Gasteiger partial charge in [-0.25, -0.2) is 0 Å². The maximum Gasteiger partial charge on any atom is 0.127 e. The van der Waals surface area contributed by atoms with Gasteiger partial charge in [-0.05, 0) is 55.3 Å². The smallest absolute Gasteiger partial charge is 0.127 e. The van der Waals surface area contributed by atoms with E-state index in [1.807, 2.05) is 35.2 Å². The Morgan fingerprint density at radius 1 is 1.06 bits per heavy atom. The number of anilines is 1. The summed E-state index contributed by atoms with van der Waals surface area (Å²) in [6, 6.07) is 16.3. The number of benzene rings is 2. The Morgan fingerprint density at radius 2 is 1.77 bits per heavy atom. The minimum atomic E-state index is -0.725. The molecule has 31 heavy (non-hydrogen) atoms. The first kappa shape index (κ1) is 23.3. The van der Waals surface area contributed by atoms with Gasteiger partial charge >= 0.3 is 0 Å². The maximum atomic E-state index is 10.4. The Bertz CT molecular complexity index is 881. The monoisotopic (exact) mass is 422 g/mol.